The molecule has 0 aromatic heterocycles. The molecule has 0 saturated carbocycles. The van der Waals surface area contributed by atoms with E-state index in [4.69, 9.17) is 9.76 Å². The summed E-state index contributed by atoms with van der Waals surface area (Å²) in [5, 5.41) is 30.9. The fraction of sp³-hybridized carbons (Fsp3) is 0.176. The van der Waals surface area contributed by atoms with Crippen LogP contribution in [0.4, 0.5) is 0 Å². The van der Waals surface area contributed by atoms with Crippen molar-refractivity contribution in [3.63, 3.8) is 0 Å². The molecule has 112 valence electrons. The monoisotopic (exact) mass is 296 g/mol. The first kappa shape index (κ1) is 14.8. The molecule has 1 atom stereocenters. The van der Waals surface area contributed by atoms with Crippen molar-refractivity contribution < 1.29 is 19.9 Å². The van der Waals surface area contributed by atoms with Gasteiger partial charge in [-0.05, 0) is 34.5 Å². The van der Waals surface area contributed by atoms with Crippen LogP contribution in [0.25, 0.3) is 10.8 Å². The van der Waals surface area contributed by atoms with Gasteiger partial charge >= 0.3 is 7.12 Å². The first-order valence-corrected chi connectivity index (χ1v) is 7.15. The molecule has 0 fully saturated rings. The van der Waals surface area contributed by atoms with E-state index in [2.05, 4.69) is 6.58 Å². The topological polar surface area (TPSA) is 69.9 Å². The van der Waals surface area contributed by atoms with Crippen molar-refractivity contribution in [2.24, 2.45) is 0 Å². The molecule has 0 spiro atoms. The van der Waals surface area contributed by atoms with Crippen LogP contribution in [0, 0.1) is 0 Å². The molecule has 1 heterocycles. The summed E-state index contributed by atoms with van der Waals surface area (Å²) >= 11 is 0. The van der Waals surface area contributed by atoms with Gasteiger partial charge in [0, 0.05) is 5.39 Å². The first-order chi connectivity index (χ1) is 10.6. The summed E-state index contributed by atoms with van der Waals surface area (Å²) < 4.78 is 5.69. The van der Waals surface area contributed by atoms with Gasteiger partial charge in [-0.25, -0.2) is 0 Å². The van der Waals surface area contributed by atoms with Crippen LogP contribution >= 0.6 is 0 Å². The number of aliphatic hydroxyl groups excluding tert-OH is 1. The third-order valence-corrected chi connectivity index (χ3v) is 3.99. The zero-order chi connectivity index (χ0) is 15.7. The SMILES string of the molecule is C=C(CO)C1=CCC(c2ccc(O)c3ccccc23)OB1O. The molecule has 0 radical (unpaired) electrons. The van der Waals surface area contributed by atoms with Gasteiger partial charge in [0.1, 0.15) is 5.75 Å². The lowest BCUT2D eigenvalue weighted by Gasteiger charge is -2.27. The molecule has 4 nitrogen and oxygen atoms in total. The number of phenols is 1. The second kappa shape index (κ2) is 5.97. The van der Waals surface area contributed by atoms with Crippen LogP contribution in [-0.4, -0.2) is 29.0 Å². The lowest BCUT2D eigenvalue weighted by atomic mass is 9.71. The average Bonchev–Trinajstić information content (AvgIpc) is 2.55. The fourth-order valence-corrected chi connectivity index (χ4v) is 2.82. The summed E-state index contributed by atoms with van der Waals surface area (Å²) in [6.07, 6.45) is 2.11. The molecule has 0 amide bonds. The highest BCUT2D eigenvalue weighted by Gasteiger charge is 2.31. The molecule has 1 aliphatic heterocycles. The molecular formula is C17H17BO4. The van der Waals surface area contributed by atoms with Crippen molar-refractivity contribution in [3.05, 3.63) is 65.7 Å². The Hall–Kier alpha value is -2.08. The number of hydrogen-bond acceptors (Lipinski definition) is 4. The van der Waals surface area contributed by atoms with E-state index in [1.807, 2.05) is 36.4 Å². The van der Waals surface area contributed by atoms with Gasteiger partial charge in [0.25, 0.3) is 0 Å². The summed E-state index contributed by atoms with van der Waals surface area (Å²) in [4.78, 5) is 0. The minimum atomic E-state index is -1.11. The van der Waals surface area contributed by atoms with Gasteiger partial charge in [0.05, 0.1) is 12.7 Å². The van der Waals surface area contributed by atoms with Gasteiger partial charge in [0.2, 0.25) is 0 Å². The molecule has 2 aromatic carbocycles. The van der Waals surface area contributed by atoms with Crippen molar-refractivity contribution in [2.75, 3.05) is 6.61 Å². The number of phenolic OH excluding ortho intramolecular Hbond substituents is 1. The maximum Gasteiger partial charge on any atom is 0.491 e. The van der Waals surface area contributed by atoms with Gasteiger partial charge in [-0.3, -0.25) is 0 Å². The molecule has 22 heavy (non-hydrogen) atoms. The van der Waals surface area contributed by atoms with Gasteiger partial charge in [-0.15, -0.1) is 0 Å². The molecule has 3 N–H and O–H groups in total. The molecule has 5 heteroatoms. The van der Waals surface area contributed by atoms with Gasteiger partial charge < -0.3 is 19.9 Å². The zero-order valence-corrected chi connectivity index (χ0v) is 12.1. The normalized spacial score (nSPS) is 18.4. The van der Waals surface area contributed by atoms with Crippen molar-refractivity contribution in [1.29, 1.82) is 0 Å². The van der Waals surface area contributed by atoms with E-state index < -0.39 is 7.12 Å². The van der Waals surface area contributed by atoms with E-state index >= 15 is 0 Å². The highest BCUT2D eigenvalue weighted by Crippen LogP contribution is 2.36. The maximum atomic E-state index is 10.1. The summed E-state index contributed by atoms with van der Waals surface area (Å²) in [7, 11) is -1.11. The summed E-state index contributed by atoms with van der Waals surface area (Å²) in [6.45, 7) is 3.51. The molecular weight excluding hydrogens is 279 g/mol. The first-order valence-electron chi connectivity index (χ1n) is 7.15. The lowest BCUT2D eigenvalue weighted by molar-refractivity contribution is 0.169. The molecule has 1 unspecified atom stereocenters. The Labute approximate surface area is 129 Å². The quantitative estimate of drug-likeness (QED) is 0.761. The van der Waals surface area contributed by atoms with Gasteiger partial charge in [-0.1, -0.05) is 43.0 Å². The van der Waals surface area contributed by atoms with Crippen molar-refractivity contribution in [1.82, 2.24) is 0 Å². The van der Waals surface area contributed by atoms with Crippen molar-refractivity contribution in [3.8, 4) is 5.75 Å². The van der Waals surface area contributed by atoms with Crippen LogP contribution in [0.1, 0.15) is 18.1 Å². The van der Waals surface area contributed by atoms with Crippen LogP contribution < -0.4 is 0 Å². The molecule has 3 rings (SSSR count). The minimum Gasteiger partial charge on any atom is -0.507 e. The van der Waals surface area contributed by atoms with Crippen LogP contribution in [0.5, 0.6) is 5.75 Å². The number of aliphatic hydroxyl groups is 1. The Morgan fingerprint density at radius 3 is 2.64 bits per heavy atom. The third-order valence-electron chi connectivity index (χ3n) is 3.99. The lowest BCUT2D eigenvalue weighted by Crippen LogP contribution is -2.29. The van der Waals surface area contributed by atoms with Crippen LogP contribution in [-0.2, 0) is 4.65 Å². The van der Waals surface area contributed by atoms with Crippen molar-refractivity contribution >= 4 is 17.9 Å². The minimum absolute atomic E-state index is 0.209. The number of hydrogen-bond donors (Lipinski definition) is 3. The second-order valence-corrected chi connectivity index (χ2v) is 5.35. The Kier molecular flexibility index (Phi) is 4.03. The van der Waals surface area contributed by atoms with E-state index in [0.717, 1.165) is 16.3 Å². The smallest absolute Gasteiger partial charge is 0.491 e. The highest BCUT2D eigenvalue weighted by atomic mass is 16.5. The van der Waals surface area contributed by atoms with E-state index in [1.54, 1.807) is 6.07 Å². The Morgan fingerprint density at radius 2 is 1.95 bits per heavy atom. The number of fused-ring (bicyclic) bond motifs is 1. The molecule has 0 aliphatic carbocycles. The molecule has 0 bridgehead atoms. The number of rotatable bonds is 3. The third kappa shape index (κ3) is 2.54. The Bertz CT molecular complexity index is 753. The van der Waals surface area contributed by atoms with Crippen LogP contribution in [0.3, 0.4) is 0 Å². The maximum absolute atomic E-state index is 10.1. The summed E-state index contributed by atoms with van der Waals surface area (Å²) in [5.41, 5.74) is 1.90. The predicted molar refractivity (Wildman–Crippen MR) is 86.3 cm³/mol. The molecule has 1 aliphatic rings. The van der Waals surface area contributed by atoms with E-state index in [9.17, 15) is 10.1 Å². The average molecular weight is 296 g/mol. The van der Waals surface area contributed by atoms with Crippen LogP contribution in [0.15, 0.2) is 60.1 Å². The number of benzene rings is 2. The standard InChI is InChI=1S/C17H17BO4/c1-11(10-19)15-7-9-17(22-18(15)21)14-6-8-16(20)13-5-3-2-4-12(13)14/h2-8,17,19-21H,1,9-10H2. The predicted octanol–water partition coefficient (Wildman–Crippen LogP) is 2.50. The zero-order valence-electron chi connectivity index (χ0n) is 12.1. The van der Waals surface area contributed by atoms with Crippen molar-refractivity contribution in [2.45, 2.75) is 12.5 Å². The molecule has 0 saturated heterocycles. The summed E-state index contributed by atoms with van der Waals surface area (Å²) in [6, 6.07) is 11.0. The van der Waals surface area contributed by atoms with E-state index in [-0.39, 0.29) is 18.5 Å². The fourth-order valence-electron chi connectivity index (χ4n) is 2.82. The second-order valence-electron chi connectivity index (χ2n) is 5.35. The largest absolute Gasteiger partial charge is 0.507 e. The number of aromatic hydroxyl groups is 1. The summed E-state index contributed by atoms with van der Waals surface area (Å²) in [5.74, 6) is 0.223. The van der Waals surface area contributed by atoms with Gasteiger partial charge in [-0.2, -0.15) is 0 Å². The van der Waals surface area contributed by atoms with Crippen LogP contribution in [0.2, 0.25) is 0 Å². The Morgan fingerprint density at radius 1 is 1.23 bits per heavy atom. The Balaban J connectivity index is 1.99. The molecule has 2 aromatic rings. The highest BCUT2D eigenvalue weighted by molar-refractivity contribution is 6.54. The van der Waals surface area contributed by atoms with E-state index in [0.29, 0.717) is 17.5 Å². The van der Waals surface area contributed by atoms with Gasteiger partial charge in [0.15, 0.2) is 0 Å². The van der Waals surface area contributed by atoms with E-state index in [1.165, 1.54) is 0 Å².